The largest absolute Gasteiger partial charge is 0.354 e. The van der Waals surface area contributed by atoms with Crippen LogP contribution in [0.2, 0.25) is 0 Å². The number of carbonyl (C=O) groups excluding carboxylic acids is 1. The second kappa shape index (κ2) is 7.02. The van der Waals surface area contributed by atoms with E-state index in [4.69, 9.17) is 0 Å². The molecule has 2 aromatic rings. The van der Waals surface area contributed by atoms with Crippen molar-refractivity contribution in [2.45, 2.75) is 45.7 Å². The molecule has 1 aromatic heterocycles. The summed E-state index contributed by atoms with van der Waals surface area (Å²) in [7, 11) is 0. The van der Waals surface area contributed by atoms with Gasteiger partial charge in [0, 0.05) is 19.0 Å². The molecule has 0 bridgehead atoms. The van der Waals surface area contributed by atoms with Gasteiger partial charge in [-0.05, 0) is 25.5 Å². The van der Waals surface area contributed by atoms with E-state index in [1.165, 1.54) is 10.9 Å². The Morgan fingerprint density at radius 1 is 1.38 bits per heavy atom. The average Bonchev–Trinajstić information content (AvgIpc) is 2.47. The van der Waals surface area contributed by atoms with Crippen LogP contribution in [0.3, 0.4) is 0 Å². The lowest BCUT2D eigenvalue weighted by Gasteiger charge is -2.13. The lowest BCUT2D eigenvalue weighted by atomic mass is 10.2. The van der Waals surface area contributed by atoms with Crippen molar-refractivity contribution in [1.82, 2.24) is 14.9 Å². The standard InChI is InChI=1S/C16H21N3O2/c1-3-6-12(2)18-15(20)9-10-19-11-17-14-8-5-4-7-13(14)16(19)21/h4-5,7-8,11-12H,3,6,9-10H2,1-2H3,(H,18,20). The maximum Gasteiger partial charge on any atom is 0.261 e. The number of carbonyl (C=O) groups is 1. The predicted molar refractivity (Wildman–Crippen MR) is 83.1 cm³/mol. The van der Waals surface area contributed by atoms with E-state index < -0.39 is 0 Å². The summed E-state index contributed by atoms with van der Waals surface area (Å²) < 4.78 is 1.49. The number of para-hydroxylation sites is 1. The van der Waals surface area contributed by atoms with Crippen LogP contribution in [0, 0.1) is 0 Å². The maximum absolute atomic E-state index is 12.3. The number of aryl methyl sites for hydroxylation is 1. The minimum atomic E-state index is -0.102. The van der Waals surface area contributed by atoms with Crippen LogP contribution in [0.1, 0.15) is 33.1 Å². The zero-order valence-corrected chi connectivity index (χ0v) is 12.5. The first-order valence-corrected chi connectivity index (χ1v) is 7.35. The predicted octanol–water partition coefficient (Wildman–Crippen LogP) is 2.09. The molecule has 0 saturated heterocycles. The third-order valence-electron chi connectivity index (χ3n) is 3.44. The van der Waals surface area contributed by atoms with Gasteiger partial charge in [0.15, 0.2) is 0 Å². The van der Waals surface area contributed by atoms with Crippen molar-refractivity contribution in [3.05, 3.63) is 40.9 Å². The van der Waals surface area contributed by atoms with Gasteiger partial charge in [0.2, 0.25) is 5.91 Å². The Hall–Kier alpha value is -2.17. The number of fused-ring (bicyclic) bond motifs is 1. The van der Waals surface area contributed by atoms with Crippen LogP contribution >= 0.6 is 0 Å². The number of nitrogens with one attached hydrogen (secondary N) is 1. The summed E-state index contributed by atoms with van der Waals surface area (Å²) in [6, 6.07) is 7.40. The van der Waals surface area contributed by atoms with Gasteiger partial charge in [0.05, 0.1) is 17.2 Å². The van der Waals surface area contributed by atoms with E-state index in [0.717, 1.165) is 12.8 Å². The molecule has 0 aliphatic rings. The van der Waals surface area contributed by atoms with E-state index in [1.807, 2.05) is 19.1 Å². The first-order chi connectivity index (χ1) is 10.1. The second-order valence-electron chi connectivity index (χ2n) is 5.27. The van der Waals surface area contributed by atoms with Gasteiger partial charge in [-0.15, -0.1) is 0 Å². The molecule has 1 N–H and O–H groups in total. The Morgan fingerprint density at radius 3 is 2.90 bits per heavy atom. The smallest absolute Gasteiger partial charge is 0.261 e. The Kier molecular flexibility index (Phi) is 5.09. The van der Waals surface area contributed by atoms with Gasteiger partial charge >= 0.3 is 0 Å². The summed E-state index contributed by atoms with van der Waals surface area (Å²) in [6.45, 7) is 4.43. The highest BCUT2D eigenvalue weighted by Gasteiger charge is 2.08. The van der Waals surface area contributed by atoms with E-state index in [0.29, 0.717) is 17.4 Å². The summed E-state index contributed by atoms with van der Waals surface area (Å²) in [6.07, 6.45) is 3.79. The quantitative estimate of drug-likeness (QED) is 0.885. The average molecular weight is 287 g/mol. The maximum atomic E-state index is 12.3. The Bertz CT molecular complexity index is 679. The molecule has 0 fully saturated rings. The van der Waals surface area contributed by atoms with Crippen molar-refractivity contribution >= 4 is 16.8 Å². The molecule has 21 heavy (non-hydrogen) atoms. The van der Waals surface area contributed by atoms with Crippen molar-refractivity contribution < 1.29 is 4.79 Å². The summed E-state index contributed by atoms with van der Waals surface area (Å²) in [5, 5.41) is 3.52. The van der Waals surface area contributed by atoms with Crippen molar-refractivity contribution in [2.75, 3.05) is 0 Å². The van der Waals surface area contributed by atoms with Gasteiger partial charge in [0.1, 0.15) is 0 Å². The topological polar surface area (TPSA) is 64.0 Å². The molecule has 1 aromatic carbocycles. The highest BCUT2D eigenvalue weighted by Crippen LogP contribution is 2.05. The molecule has 1 amide bonds. The molecule has 5 heteroatoms. The fourth-order valence-electron chi connectivity index (χ4n) is 2.34. The van der Waals surface area contributed by atoms with Crippen LogP contribution in [0.5, 0.6) is 0 Å². The molecule has 1 heterocycles. The Morgan fingerprint density at radius 2 is 2.14 bits per heavy atom. The monoisotopic (exact) mass is 287 g/mol. The number of nitrogens with zero attached hydrogens (tertiary/aromatic N) is 2. The SMILES string of the molecule is CCCC(C)NC(=O)CCn1cnc2ccccc2c1=O. The van der Waals surface area contributed by atoms with E-state index >= 15 is 0 Å². The van der Waals surface area contributed by atoms with Crippen LogP contribution in [-0.2, 0) is 11.3 Å². The van der Waals surface area contributed by atoms with Gasteiger partial charge in [-0.25, -0.2) is 4.98 Å². The zero-order valence-electron chi connectivity index (χ0n) is 12.5. The molecule has 1 unspecified atom stereocenters. The van der Waals surface area contributed by atoms with Crippen molar-refractivity contribution in [3.63, 3.8) is 0 Å². The number of rotatable bonds is 6. The Labute approximate surface area is 124 Å². The van der Waals surface area contributed by atoms with Crippen LogP contribution in [0.4, 0.5) is 0 Å². The van der Waals surface area contributed by atoms with Gasteiger partial charge in [-0.1, -0.05) is 25.5 Å². The molecule has 112 valence electrons. The van der Waals surface area contributed by atoms with Crippen LogP contribution in [0.15, 0.2) is 35.4 Å². The molecule has 0 spiro atoms. The molecule has 0 saturated carbocycles. The van der Waals surface area contributed by atoms with Crippen molar-refractivity contribution in [2.24, 2.45) is 0 Å². The summed E-state index contributed by atoms with van der Waals surface area (Å²) in [5.74, 6) is -0.0315. The van der Waals surface area contributed by atoms with Gasteiger partial charge in [-0.2, -0.15) is 0 Å². The molecular weight excluding hydrogens is 266 g/mol. The number of aromatic nitrogens is 2. The van der Waals surface area contributed by atoms with Gasteiger partial charge in [0.25, 0.3) is 5.56 Å². The molecule has 5 nitrogen and oxygen atoms in total. The zero-order chi connectivity index (χ0) is 15.2. The van der Waals surface area contributed by atoms with E-state index in [-0.39, 0.29) is 23.9 Å². The lowest BCUT2D eigenvalue weighted by molar-refractivity contribution is -0.121. The summed E-state index contributed by atoms with van der Waals surface area (Å²) in [5.41, 5.74) is 0.578. The number of hydrogen-bond donors (Lipinski definition) is 1. The molecule has 2 rings (SSSR count). The highest BCUT2D eigenvalue weighted by molar-refractivity contribution is 5.77. The first kappa shape index (κ1) is 15.2. The third kappa shape index (κ3) is 3.90. The third-order valence-corrected chi connectivity index (χ3v) is 3.44. The molecule has 0 aliphatic heterocycles. The molecule has 0 aliphatic carbocycles. The van der Waals surface area contributed by atoms with Crippen LogP contribution in [-0.4, -0.2) is 21.5 Å². The minimum Gasteiger partial charge on any atom is -0.354 e. The van der Waals surface area contributed by atoms with E-state index in [1.54, 1.807) is 12.1 Å². The number of benzene rings is 1. The summed E-state index contributed by atoms with van der Waals surface area (Å²) >= 11 is 0. The van der Waals surface area contributed by atoms with Crippen LogP contribution < -0.4 is 10.9 Å². The minimum absolute atomic E-state index is 0.0315. The number of amides is 1. The fraction of sp³-hybridized carbons (Fsp3) is 0.438. The van der Waals surface area contributed by atoms with Crippen molar-refractivity contribution in [1.29, 1.82) is 0 Å². The lowest BCUT2D eigenvalue weighted by Crippen LogP contribution is -2.33. The molecule has 1 atom stereocenters. The first-order valence-electron chi connectivity index (χ1n) is 7.35. The van der Waals surface area contributed by atoms with Gasteiger partial charge < -0.3 is 5.32 Å². The van der Waals surface area contributed by atoms with Crippen LogP contribution in [0.25, 0.3) is 10.9 Å². The summed E-state index contributed by atoms with van der Waals surface area (Å²) in [4.78, 5) is 28.3. The highest BCUT2D eigenvalue weighted by atomic mass is 16.2. The van der Waals surface area contributed by atoms with Crippen molar-refractivity contribution in [3.8, 4) is 0 Å². The van der Waals surface area contributed by atoms with E-state index in [2.05, 4.69) is 17.2 Å². The number of hydrogen-bond acceptors (Lipinski definition) is 3. The van der Waals surface area contributed by atoms with Gasteiger partial charge in [-0.3, -0.25) is 14.2 Å². The molecule has 0 radical (unpaired) electrons. The molecular formula is C16H21N3O2. The second-order valence-corrected chi connectivity index (χ2v) is 5.27. The Balaban J connectivity index is 2.02. The van der Waals surface area contributed by atoms with E-state index in [9.17, 15) is 9.59 Å². The normalized spacial score (nSPS) is 12.3. The fourth-order valence-corrected chi connectivity index (χ4v) is 2.34.